The van der Waals surface area contributed by atoms with Gasteiger partial charge in [0.2, 0.25) is 0 Å². The molecule has 1 heterocycles. The van der Waals surface area contributed by atoms with Gasteiger partial charge in [-0.2, -0.15) is 0 Å². The smallest absolute Gasteiger partial charge is 0.122 e. The highest BCUT2D eigenvalue weighted by Gasteiger charge is 2.08. The summed E-state index contributed by atoms with van der Waals surface area (Å²) in [6.45, 7) is 8.17. The Hall–Kier alpha value is -0.840. The zero-order valence-electron chi connectivity index (χ0n) is 12.8. The molecule has 2 rings (SSSR count). The van der Waals surface area contributed by atoms with Gasteiger partial charge in [0.25, 0.3) is 0 Å². The molecular formula is C17H22BrNOS. The van der Waals surface area contributed by atoms with E-state index in [0.29, 0.717) is 12.6 Å². The fourth-order valence-electron chi connectivity index (χ4n) is 2.16. The number of rotatable bonds is 7. The molecule has 114 valence electrons. The molecule has 0 aliphatic rings. The van der Waals surface area contributed by atoms with Crippen molar-refractivity contribution in [3.8, 4) is 5.75 Å². The van der Waals surface area contributed by atoms with E-state index in [4.69, 9.17) is 4.74 Å². The van der Waals surface area contributed by atoms with Crippen LogP contribution in [0.15, 0.2) is 34.1 Å². The van der Waals surface area contributed by atoms with Crippen LogP contribution in [0.25, 0.3) is 0 Å². The Morgan fingerprint density at radius 1 is 1.29 bits per heavy atom. The van der Waals surface area contributed by atoms with Gasteiger partial charge in [-0.05, 0) is 72.1 Å². The molecule has 1 unspecified atom stereocenters. The molecule has 1 atom stereocenters. The minimum Gasteiger partial charge on any atom is -0.488 e. The molecule has 4 heteroatoms. The van der Waals surface area contributed by atoms with Crippen LogP contribution in [-0.4, -0.2) is 6.54 Å². The van der Waals surface area contributed by atoms with E-state index in [-0.39, 0.29) is 0 Å². The molecule has 0 spiro atoms. The molecule has 1 aromatic carbocycles. The van der Waals surface area contributed by atoms with Gasteiger partial charge < -0.3 is 10.1 Å². The Bertz CT molecular complexity index is 582. The van der Waals surface area contributed by atoms with Gasteiger partial charge in [0.15, 0.2) is 0 Å². The van der Waals surface area contributed by atoms with Crippen molar-refractivity contribution in [1.82, 2.24) is 5.32 Å². The van der Waals surface area contributed by atoms with Crippen LogP contribution < -0.4 is 10.1 Å². The highest BCUT2D eigenvalue weighted by Crippen LogP contribution is 2.26. The van der Waals surface area contributed by atoms with Crippen LogP contribution >= 0.6 is 27.3 Å². The van der Waals surface area contributed by atoms with Crippen LogP contribution in [0.5, 0.6) is 5.75 Å². The number of nitrogens with one attached hydrogen (secondary N) is 1. The van der Waals surface area contributed by atoms with Crippen molar-refractivity contribution in [2.75, 3.05) is 6.54 Å². The van der Waals surface area contributed by atoms with Gasteiger partial charge in [-0.3, -0.25) is 0 Å². The maximum absolute atomic E-state index is 5.92. The third kappa shape index (κ3) is 4.83. The Morgan fingerprint density at radius 3 is 2.71 bits per heavy atom. The van der Waals surface area contributed by atoms with Gasteiger partial charge in [0.05, 0.1) is 3.79 Å². The number of hydrogen-bond donors (Lipinski definition) is 1. The fraction of sp³-hybridized carbons (Fsp3) is 0.412. The first-order chi connectivity index (χ1) is 10.1. The van der Waals surface area contributed by atoms with E-state index in [2.05, 4.69) is 72.3 Å². The first-order valence-electron chi connectivity index (χ1n) is 7.31. The van der Waals surface area contributed by atoms with E-state index < -0.39 is 0 Å². The third-order valence-corrected chi connectivity index (χ3v) is 5.00. The second-order valence-corrected chi connectivity index (χ2v) is 7.74. The molecule has 1 N–H and O–H groups in total. The van der Waals surface area contributed by atoms with E-state index in [9.17, 15) is 0 Å². The Labute approximate surface area is 139 Å². The van der Waals surface area contributed by atoms with E-state index in [1.165, 1.54) is 16.0 Å². The van der Waals surface area contributed by atoms with Crippen molar-refractivity contribution in [2.24, 2.45) is 0 Å². The van der Waals surface area contributed by atoms with Gasteiger partial charge in [-0.15, -0.1) is 11.3 Å². The lowest BCUT2D eigenvalue weighted by Gasteiger charge is -2.16. The average Bonchev–Trinajstić information content (AvgIpc) is 2.89. The van der Waals surface area contributed by atoms with E-state index in [0.717, 1.165) is 22.5 Å². The molecule has 0 aliphatic heterocycles. The second-order valence-electron chi connectivity index (χ2n) is 5.20. The molecule has 0 saturated heterocycles. The molecular weight excluding hydrogens is 346 g/mol. The summed E-state index contributed by atoms with van der Waals surface area (Å²) < 4.78 is 7.06. The number of benzene rings is 1. The van der Waals surface area contributed by atoms with Crippen molar-refractivity contribution >= 4 is 27.3 Å². The number of ether oxygens (including phenoxy) is 1. The van der Waals surface area contributed by atoms with Crippen LogP contribution in [0.2, 0.25) is 0 Å². The van der Waals surface area contributed by atoms with Crippen molar-refractivity contribution in [3.05, 3.63) is 50.1 Å². The van der Waals surface area contributed by atoms with Crippen LogP contribution in [0.3, 0.4) is 0 Å². The lowest BCUT2D eigenvalue weighted by Crippen LogP contribution is -2.19. The zero-order chi connectivity index (χ0) is 15.2. The van der Waals surface area contributed by atoms with Crippen molar-refractivity contribution < 1.29 is 4.74 Å². The molecule has 2 aromatic rings. The highest BCUT2D eigenvalue weighted by molar-refractivity contribution is 9.11. The molecule has 1 aromatic heterocycles. The van der Waals surface area contributed by atoms with E-state index >= 15 is 0 Å². The molecule has 0 radical (unpaired) electrons. The summed E-state index contributed by atoms with van der Waals surface area (Å²) in [6, 6.07) is 11.0. The second kappa shape index (κ2) is 7.97. The predicted molar refractivity (Wildman–Crippen MR) is 94.2 cm³/mol. The molecule has 0 bridgehead atoms. The van der Waals surface area contributed by atoms with E-state index in [1.807, 2.05) is 0 Å². The molecule has 0 aliphatic carbocycles. The van der Waals surface area contributed by atoms with Crippen LogP contribution in [0.1, 0.15) is 42.3 Å². The van der Waals surface area contributed by atoms with Crippen molar-refractivity contribution in [2.45, 2.75) is 39.8 Å². The SMILES string of the molecule is CCCNC(C)c1ccc(OCc2ccc(Br)s2)c(C)c1. The van der Waals surface area contributed by atoms with Crippen LogP contribution in [0, 0.1) is 6.92 Å². The Kier molecular flexibility index (Phi) is 6.27. The molecule has 2 nitrogen and oxygen atoms in total. The summed E-state index contributed by atoms with van der Waals surface area (Å²) in [7, 11) is 0. The number of halogens is 1. The van der Waals surface area contributed by atoms with Crippen molar-refractivity contribution in [3.63, 3.8) is 0 Å². The zero-order valence-corrected chi connectivity index (χ0v) is 15.2. The van der Waals surface area contributed by atoms with Gasteiger partial charge in [0, 0.05) is 10.9 Å². The molecule has 0 fully saturated rings. The first-order valence-corrected chi connectivity index (χ1v) is 8.92. The average molecular weight is 368 g/mol. The number of hydrogen-bond acceptors (Lipinski definition) is 3. The minimum atomic E-state index is 0.381. The van der Waals surface area contributed by atoms with Gasteiger partial charge >= 0.3 is 0 Å². The maximum atomic E-state index is 5.92. The Morgan fingerprint density at radius 2 is 2.10 bits per heavy atom. The molecule has 21 heavy (non-hydrogen) atoms. The topological polar surface area (TPSA) is 21.3 Å². The summed E-state index contributed by atoms with van der Waals surface area (Å²) in [6.07, 6.45) is 1.15. The summed E-state index contributed by atoms with van der Waals surface area (Å²) in [5.41, 5.74) is 2.50. The summed E-state index contributed by atoms with van der Waals surface area (Å²) >= 11 is 5.19. The van der Waals surface area contributed by atoms with Crippen molar-refractivity contribution in [1.29, 1.82) is 0 Å². The number of aryl methyl sites for hydroxylation is 1. The van der Waals surface area contributed by atoms with Gasteiger partial charge in [0.1, 0.15) is 12.4 Å². The maximum Gasteiger partial charge on any atom is 0.122 e. The number of thiophene rings is 1. The first kappa shape index (κ1) is 16.5. The highest BCUT2D eigenvalue weighted by atomic mass is 79.9. The summed E-state index contributed by atoms with van der Waals surface area (Å²) in [4.78, 5) is 1.23. The predicted octanol–water partition coefficient (Wildman–Crippen LogP) is 5.46. The van der Waals surface area contributed by atoms with Gasteiger partial charge in [-0.25, -0.2) is 0 Å². The lowest BCUT2D eigenvalue weighted by molar-refractivity contribution is 0.307. The summed E-state index contributed by atoms with van der Waals surface area (Å²) in [5.74, 6) is 0.964. The normalized spacial score (nSPS) is 12.4. The van der Waals surface area contributed by atoms with Crippen LogP contribution in [0.4, 0.5) is 0 Å². The quantitative estimate of drug-likeness (QED) is 0.701. The van der Waals surface area contributed by atoms with Gasteiger partial charge in [-0.1, -0.05) is 19.1 Å². The summed E-state index contributed by atoms with van der Waals surface area (Å²) in [5, 5.41) is 3.51. The molecule has 0 amide bonds. The standard InChI is InChI=1S/C17H22BrNOS/c1-4-9-19-13(3)14-5-7-16(12(2)10-14)20-11-15-6-8-17(18)21-15/h5-8,10,13,19H,4,9,11H2,1-3H3. The third-order valence-electron chi connectivity index (χ3n) is 3.40. The lowest BCUT2D eigenvalue weighted by atomic mass is 10.0. The monoisotopic (exact) mass is 367 g/mol. The minimum absolute atomic E-state index is 0.381. The van der Waals surface area contributed by atoms with Crippen LogP contribution in [-0.2, 0) is 6.61 Å². The van der Waals surface area contributed by atoms with E-state index in [1.54, 1.807) is 11.3 Å². The Balaban J connectivity index is 1.98. The fourth-order valence-corrected chi connectivity index (χ4v) is 3.56. The molecule has 0 saturated carbocycles. The largest absolute Gasteiger partial charge is 0.488 e.